The molecular formula is C22H19N5OS. The monoisotopic (exact) mass is 401 g/mol. The second-order valence-corrected chi connectivity index (χ2v) is 7.23. The molecule has 4 aromatic rings. The fraction of sp³-hybridized carbons (Fsp3) is 0.0455. The number of nitrogen functional groups attached to an aromatic ring is 1. The smallest absolute Gasteiger partial charge is 0.255 e. The molecule has 4 N–H and O–H groups in total. The molecule has 0 spiro atoms. The average Bonchev–Trinajstić information content (AvgIpc) is 3.24. The molecule has 0 aliphatic heterocycles. The van der Waals surface area contributed by atoms with Crippen LogP contribution in [0.5, 0.6) is 0 Å². The molecule has 2 aromatic heterocycles. The Morgan fingerprint density at radius 2 is 1.86 bits per heavy atom. The molecule has 0 fully saturated rings. The number of nitrogens with zero attached hydrogens (tertiary/aromatic N) is 2. The Balaban J connectivity index is 1.36. The van der Waals surface area contributed by atoms with Gasteiger partial charge in [-0.3, -0.25) is 9.78 Å². The molecule has 0 aliphatic rings. The van der Waals surface area contributed by atoms with E-state index in [0.717, 1.165) is 22.0 Å². The number of thiazole rings is 1. The summed E-state index contributed by atoms with van der Waals surface area (Å²) in [6.45, 7) is 0.619. The van der Waals surface area contributed by atoms with E-state index in [1.165, 1.54) is 0 Å². The van der Waals surface area contributed by atoms with Gasteiger partial charge in [-0.25, -0.2) is 4.98 Å². The van der Waals surface area contributed by atoms with Crippen molar-refractivity contribution in [1.29, 1.82) is 0 Å². The second kappa shape index (κ2) is 8.53. The molecule has 7 heteroatoms. The van der Waals surface area contributed by atoms with Gasteiger partial charge in [0.2, 0.25) is 0 Å². The van der Waals surface area contributed by atoms with Gasteiger partial charge < -0.3 is 16.4 Å². The summed E-state index contributed by atoms with van der Waals surface area (Å²) in [5.41, 5.74) is 10.5. The van der Waals surface area contributed by atoms with E-state index >= 15 is 0 Å². The highest BCUT2D eigenvalue weighted by Gasteiger charge is 2.08. The number of anilines is 3. The summed E-state index contributed by atoms with van der Waals surface area (Å²) in [6.07, 6.45) is 3.54. The maximum atomic E-state index is 12.4. The molecule has 4 rings (SSSR count). The van der Waals surface area contributed by atoms with E-state index in [4.69, 9.17) is 5.73 Å². The summed E-state index contributed by atoms with van der Waals surface area (Å²) < 4.78 is 0. The highest BCUT2D eigenvalue weighted by Crippen LogP contribution is 2.24. The summed E-state index contributed by atoms with van der Waals surface area (Å²) in [5.74, 6) is -0.191. The quantitative estimate of drug-likeness (QED) is 0.409. The number of hydrogen-bond acceptors (Lipinski definition) is 6. The Kier molecular flexibility index (Phi) is 5.49. The van der Waals surface area contributed by atoms with E-state index in [2.05, 4.69) is 20.6 Å². The van der Waals surface area contributed by atoms with Crippen LogP contribution in [0.3, 0.4) is 0 Å². The number of rotatable bonds is 6. The van der Waals surface area contributed by atoms with E-state index in [-0.39, 0.29) is 5.91 Å². The van der Waals surface area contributed by atoms with Gasteiger partial charge in [-0.05, 0) is 42.0 Å². The van der Waals surface area contributed by atoms with E-state index < -0.39 is 0 Å². The summed E-state index contributed by atoms with van der Waals surface area (Å²) in [7, 11) is 0. The van der Waals surface area contributed by atoms with Gasteiger partial charge >= 0.3 is 0 Å². The first kappa shape index (κ1) is 18.6. The molecule has 2 aromatic carbocycles. The number of pyridine rings is 1. The number of nitrogens with one attached hydrogen (secondary N) is 2. The molecule has 0 radical (unpaired) electrons. The largest absolute Gasteiger partial charge is 0.397 e. The highest BCUT2D eigenvalue weighted by molar-refractivity contribution is 7.14. The standard InChI is InChI=1S/C22H19N5OS/c23-18-5-1-2-6-19(18)26-21(28)16-9-7-15(8-10-16)12-25-22-27-20(14-29-22)17-4-3-11-24-13-17/h1-11,13-14H,12,23H2,(H,25,27)(H,26,28). The molecule has 0 aliphatic carbocycles. The van der Waals surface area contributed by atoms with Crippen LogP contribution >= 0.6 is 11.3 Å². The summed E-state index contributed by atoms with van der Waals surface area (Å²) in [5, 5.41) is 8.99. The fourth-order valence-corrected chi connectivity index (χ4v) is 3.48. The van der Waals surface area contributed by atoms with Crippen LogP contribution in [0.1, 0.15) is 15.9 Å². The zero-order chi connectivity index (χ0) is 20.1. The minimum Gasteiger partial charge on any atom is -0.397 e. The topological polar surface area (TPSA) is 92.9 Å². The fourth-order valence-electron chi connectivity index (χ4n) is 2.76. The van der Waals surface area contributed by atoms with Crippen LogP contribution in [0, 0.1) is 0 Å². The van der Waals surface area contributed by atoms with Crippen molar-refractivity contribution in [1.82, 2.24) is 9.97 Å². The molecule has 0 atom stereocenters. The van der Waals surface area contributed by atoms with Crippen molar-refractivity contribution in [3.8, 4) is 11.3 Å². The zero-order valence-corrected chi connectivity index (χ0v) is 16.3. The molecule has 0 saturated heterocycles. The van der Waals surface area contributed by atoms with Crippen LogP contribution in [0.2, 0.25) is 0 Å². The Labute approximate surface area is 172 Å². The lowest BCUT2D eigenvalue weighted by Gasteiger charge is -2.08. The molecular weight excluding hydrogens is 382 g/mol. The normalized spacial score (nSPS) is 10.5. The number of amides is 1. The predicted molar refractivity (Wildman–Crippen MR) is 118 cm³/mol. The van der Waals surface area contributed by atoms with E-state index in [9.17, 15) is 4.79 Å². The van der Waals surface area contributed by atoms with Crippen LogP contribution in [0.15, 0.2) is 78.4 Å². The van der Waals surface area contributed by atoms with Crippen molar-refractivity contribution < 1.29 is 4.79 Å². The highest BCUT2D eigenvalue weighted by atomic mass is 32.1. The Morgan fingerprint density at radius 1 is 1.03 bits per heavy atom. The summed E-state index contributed by atoms with van der Waals surface area (Å²) >= 11 is 1.55. The molecule has 144 valence electrons. The third kappa shape index (κ3) is 4.59. The van der Waals surface area contributed by atoms with Gasteiger partial charge in [0.1, 0.15) is 0 Å². The first-order valence-electron chi connectivity index (χ1n) is 9.03. The maximum absolute atomic E-state index is 12.4. The van der Waals surface area contributed by atoms with Crippen molar-refractivity contribution in [3.63, 3.8) is 0 Å². The summed E-state index contributed by atoms with van der Waals surface area (Å²) in [4.78, 5) is 21.1. The molecule has 2 heterocycles. The number of para-hydroxylation sites is 2. The van der Waals surface area contributed by atoms with Crippen molar-refractivity contribution >= 4 is 33.8 Å². The van der Waals surface area contributed by atoms with Crippen molar-refractivity contribution in [2.24, 2.45) is 0 Å². The average molecular weight is 401 g/mol. The second-order valence-electron chi connectivity index (χ2n) is 6.37. The third-order valence-corrected chi connectivity index (χ3v) is 5.13. The van der Waals surface area contributed by atoms with Crippen molar-refractivity contribution in [3.05, 3.63) is 89.6 Å². The lowest BCUT2D eigenvalue weighted by molar-refractivity contribution is 0.102. The van der Waals surface area contributed by atoms with E-state index in [0.29, 0.717) is 23.5 Å². The number of carbonyl (C=O) groups is 1. The number of nitrogens with two attached hydrogens (primary N) is 1. The third-order valence-electron chi connectivity index (χ3n) is 4.33. The lowest BCUT2D eigenvalue weighted by atomic mass is 10.1. The van der Waals surface area contributed by atoms with Gasteiger partial charge in [0, 0.05) is 35.4 Å². The first-order valence-corrected chi connectivity index (χ1v) is 9.91. The predicted octanol–water partition coefficient (Wildman–Crippen LogP) is 4.65. The Morgan fingerprint density at radius 3 is 2.62 bits per heavy atom. The number of hydrogen-bond donors (Lipinski definition) is 3. The van der Waals surface area contributed by atoms with Gasteiger partial charge in [-0.15, -0.1) is 11.3 Å². The van der Waals surface area contributed by atoms with Gasteiger partial charge in [0.05, 0.1) is 17.1 Å². The van der Waals surface area contributed by atoms with E-state index in [1.54, 1.807) is 48.0 Å². The molecule has 6 nitrogen and oxygen atoms in total. The van der Waals surface area contributed by atoms with E-state index in [1.807, 2.05) is 41.8 Å². The van der Waals surface area contributed by atoms with Crippen molar-refractivity contribution in [2.45, 2.75) is 6.54 Å². The zero-order valence-electron chi connectivity index (χ0n) is 15.5. The molecule has 0 saturated carbocycles. The molecule has 1 amide bonds. The SMILES string of the molecule is Nc1ccccc1NC(=O)c1ccc(CNc2nc(-c3cccnc3)cs2)cc1. The van der Waals surface area contributed by atoms with Gasteiger partial charge in [0.15, 0.2) is 5.13 Å². The van der Waals surface area contributed by atoms with Crippen LogP contribution in [0.4, 0.5) is 16.5 Å². The summed E-state index contributed by atoms with van der Waals surface area (Å²) in [6, 6.07) is 18.5. The first-order chi connectivity index (χ1) is 14.2. The number of benzene rings is 2. The minimum atomic E-state index is -0.191. The molecule has 0 unspecified atom stereocenters. The van der Waals surface area contributed by atoms with Crippen LogP contribution in [-0.4, -0.2) is 15.9 Å². The number of carbonyl (C=O) groups excluding carboxylic acids is 1. The maximum Gasteiger partial charge on any atom is 0.255 e. The molecule has 0 bridgehead atoms. The van der Waals surface area contributed by atoms with Gasteiger partial charge in [-0.1, -0.05) is 24.3 Å². The van der Waals surface area contributed by atoms with Crippen LogP contribution in [0.25, 0.3) is 11.3 Å². The number of aromatic nitrogens is 2. The van der Waals surface area contributed by atoms with Crippen molar-refractivity contribution in [2.75, 3.05) is 16.4 Å². The minimum absolute atomic E-state index is 0.191. The van der Waals surface area contributed by atoms with Crippen LogP contribution in [-0.2, 0) is 6.54 Å². The van der Waals surface area contributed by atoms with Gasteiger partial charge in [-0.2, -0.15) is 0 Å². The van der Waals surface area contributed by atoms with Gasteiger partial charge in [0.25, 0.3) is 5.91 Å². The Bertz CT molecular complexity index is 1110. The lowest BCUT2D eigenvalue weighted by Crippen LogP contribution is -2.13. The van der Waals surface area contributed by atoms with Crippen LogP contribution < -0.4 is 16.4 Å². The Hall–Kier alpha value is -3.71. The molecule has 29 heavy (non-hydrogen) atoms.